The zero-order chi connectivity index (χ0) is 21.3. The molecule has 1 saturated heterocycles. The Labute approximate surface area is 179 Å². The molecule has 8 heteroatoms. The molecule has 7 nitrogen and oxygen atoms in total. The Bertz CT molecular complexity index is 1040. The van der Waals surface area contributed by atoms with E-state index in [1.54, 1.807) is 17.4 Å². The van der Waals surface area contributed by atoms with E-state index >= 15 is 0 Å². The van der Waals surface area contributed by atoms with Crippen molar-refractivity contribution in [2.75, 3.05) is 13.1 Å². The summed E-state index contributed by atoms with van der Waals surface area (Å²) in [6, 6.07) is 3.86. The van der Waals surface area contributed by atoms with Gasteiger partial charge < -0.3 is 19.2 Å². The molecule has 3 aromatic rings. The SMILES string of the molecule is Cc1nc(-c2cc(C)n(CC(=O)NC3CCN(C(=O)c4ccoc4)CC3)c2C)cs1. The maximum atomic E-state index is 12.7. The Hall–Kier alpha value is -2.87. The summed E-state index contributed by atoms with van der Waals surface area (Å²) in [6.45, 7) is 7.59. The fourth-order valence-corrected chi connectivity index (χ4v) is 4.62. The number of aryl methyl sites for hydroxylation is 2. The van der Waals surface area contributed by atoms with Crippen LogP contribution in [-0.4, -0.2) is 45.4 Å². The molecule has 0 aromatic carbocycles. The molecule has 1 aliphatic rings. The summed E-state index contributed by atoms with van der Waals surface area (Å²) < 4.78 is 7.04. The van der Waals surface area contributed by atoms with E-state index in [0.717, 1.165) is 40.5 Å². The van der Waals surface area contributed by atoms with E-state index < -0.39 is 0 Å². The van der Waals surface area contributed by atoms with Crippen LogP contribution in [-0.2, 0) is 11.3 Å². The molecule has 0 aliphatic carbocycles. The predicted octanol–water partition coefficient (Wildman–Crippen LogP) is 3.55. The number of furan rings is 1. The van der Waals surface area contributed by atoms with Crippen LogP contribution >= 0.6 is 11.3 Å². The summed E-state index contributed by atoms with van der Waals surface area (Å²) in [6.07, 6.45) is 4.48. The quantitative estimate of drug-likeness (QED) is 0.677. The molecule has 1 N–H and O–H groups in total. The number of nitrogens with zero attached hydrogens (tertiary/aromatic N) is 3. The van der Waals surface area contributed by atoms with Gasteiger partial charge in [-0.2, -0.15) is 0 Å². The first-order valence-electron chi connectivity index (χ1n) is 10.1. The number of carbonyl (C=O) groups excluding carboxylic acids is 2. The first kappa shape index (κ1) is 20.4. The van der Waals surface area contributed by atoms with E-state index in [9.17, 15) is 9.59 Å². The largest absolute Gasteiger partial charge is 0.472 e. The number of piperidine rings is 1. The van der Waals surface area contributed by atoms with Crippen molar-refractivity contribution >= 4 is 23.2 Å². The minimum atomic E-state index is -0.0167. The number of hydrogen-bond donors (Lipinski definition) is 1. The van der Waals surface area contributed by atoms with Crippen LogP contribution in [0.25, 0.3) is 11.3 Å². The molecule has 0 spiro atoms. The minimum Gasteiger partial charge on any atom is -0.472 e. The van der Waals surface area contributed by atoms with Crippen molar-refractivity contribution in [3.63, 3.8) is 0 Å². The molecule has 0 radical (unpaired) electrons. The number of likely N-dealkylation sites (tertiary alicyclic amines) is 1. The third-order valence-electron chi connectivity index (χ3n) is 5.69. The summed E-state index contributed by atoms with van der Waals surface area (Å²) in [4.78, 5) is 31.5. The highest BCUT2D eigenvalue weighted by molar-refractivity contribution is 7.09. The Morgan fingerprint density at radius 1 is 1.27 bits per heavy atom. The van der Waals surface area contributed by atoms with E-state index in [4.69, 9.17) is 4.42 Å². The number of carbonyl (C=O) groups is 2. The smallest absolute Gasteiger partial charge is 0.257 e. The van der Waals surface area contributed by atoms with Gasteiger partial charge in [-0.05, 0) is 45.7 Å². The molecule has 2 amide bonds. The zero-order valence-corrected chi connectivity index (χ0v) is 18.3. The second-order valence-electron chi connectivity index (χ2n) is 7.77. The van der Waals surface area contributed by atoms with E-state index in [2.05, 4.69) is 21.7 Å². The van der Waals surface area contributed by atoms with Gasteiger partial charge in [0.2, 0.25) is 5.91 Å². The summed E-state index contributed by atoms with van der Waals surface area (Å²) in [7, 11) is 0. The summed E-state index contributed by atoms with van der Waals surface area (Å²) in [5.74, 6) is -0.0191. The van der Waals surface area contributed by atoms with E-state index in [0.29, 0.717) is 18.7 Å². The number of rotatable bonds is 5. The molecule has 0 atom stereocenters. The van der Waals surface area contributed by atoms with Crippen LogP contribution in [0.3, 0.4) is 0 Å². The van der Waals surface area contributed by atoms with Crippen molar-refractivity contribution in [1.29, 1.82) is 0 Å². The third-order valence-corrected chi connectivity index (χ3v) is 6.46. The Morgan fingerprint density at radius 3 is 2.67 bits per heavy atom. The van der Waals surface area contributed by atoms with Crippen LogP contribution < -0.4 is 5.32 Å². The van der Waals surface area contributed by atoms with E-state index in [1.807, 2.05) is 30.2 Å². The average molecular weight is 427 g/mol. The van der Waals surface area contributed by atoms with E-state index in [1.165, 1.54) is 12.5 Å². The first-order valence-corrected chi connectivity index (χ1v) is 11.0. The molecule has 158 valence electrons. The van der Waals surface area contributed by atoms with Gasteiger partial charge in [-0.1, -0.05) is 0 Å². The number of nitrogens with one attached hydrogen (secondary N) is 1. The Kier molecular flexibility index (Phi) is 5.76. The van der Waals surface area contributed by atoms with E-state index in [-0.39, 0.29) is 24.4 Å². The maximum absolute atomic E-state index is 12.7. The fraction of sp³-hybridized carbons (Fsp3) is 0.409. The maximum Gasteiger partial charge on any atom is 0.257 e. The second kappa shape index (κ2) is 8.47. The average Bonchev–Trinajstić information content (AvgIpc) is 3.46. The molecule has 1 fully saturated rings. The number of amides is 2. The molecule has 0 unspecified atom stereocenters. The fourth-order valence-electron chi connectivity index (χ4n) is 4.00. The molecule has 0 saturated carbocycles. The lowest BCUT2D eigenvalue weighted by molar-refractivity contribution is -0.122. The third kappa shape index (κ3) is 4.18. The summed E-state index contributed by atoms with van der Waals surface area (Å²) in [5, 5.41) is 6.23. The van der Waals surface area contributed by atoms with Gasteiger partial charge >= 0.3 is 0 Å². The highest BCUT2D eigenvalue weighted by Gasteiger charge is 2.25. The monoisotopic (exact) mass is 426 g/mol. The summed E-state index contributed by atoms with van der Waals surface area (Å²) >= 11 is 1.63. The zero-order valence-electron chi connectivity index (χ0n) is 17.5. The lowest BCUT2D eigenvalue weighted by Gasteiger charge is -2.32. The van der Waals surface area contributed by atoms with Gasteiger partial charge in [-0.15, -0.1) is 11.3 Å². The van der Waals surface area contributed by atoms with Crippen LogP contribution in [0.4, 0.5) is 0 Å². The van der Waals surface area contributed by atoms with Crippen molar-refractivity contribution in [3.05, 3.63) is 52.0 Å². The molecule has 3 aromatic heterocycles. The van der Waals surface area contributed by atoms with Gasteiger partial charge in [0.15, 0.2) is 0 Å². The van der Waals surface area contributed by atoms with Gasteiger partial charge in [-0.25, -0.2) is 4.98 Å². The van der Waals surface area contributed by atoms with Crippen molar-refractivity contribution in [3.8, 4) is 11.3 Å². The lowest BCUT2D eigenvalue weighted by atomic mass is 10.0. The van der Waals surface area contributed by atoms with Crippen LogP contribution in [0, 0.1) is 20.8 Å². The first-order chi connectivity index (χ1) is 14.4. The van der Waals surface area contributed by atoms with Gasteiger partial charge in [0.25, 0.3) is 5.91 Å². The number of aromatic nitrogens is 2. The predicted molar refractivity (Wildman–Crippen MR) is 116 cm³/mol. The molecule has 1 aliphatic heterocycles. The van der Waals surface area contributed by atoms with Crippen LogP contribution in [0.2, 0.25) is 0 Å². The van der Waals surface area contributed by atoms with Crippen molar-refractivity contribution in [2.45, 2.75) is 46.2 Å². The molecule has 4 heterocycles. The second-order valence-corrected chi connectivity index (χ2v) is 8.83. The number of hydrogen-bond acceptors (Lipinski definition) is 5. The Balaban J connectivity index is 1.34. The summed E-state index contributed by atoms with van der Waals surface area (Å²) in [5.41, 5.74) is 4.71. The Morgan fingerprint density at radius 2 is 2.03 bits per heavy atom. The molecule has 0 bridgehead atoms. The normalized spacial score (nSPS) is 14.8. The number of thiazole rings is 1. The van der Waals surface area contributed by atoms with Crippen molar-refractivity contribution in [2.24, 2.45) is 0 Å². The van der Waals surface area contributed by atoms with Gasteiger partial charge in [0, 0.05) is 41.5 Å². The van der Waals surface area contributed by atoms with Crippen LogP contribution in [0.1, 0.15) is 39.6 Å². The van der Waals surface area contributed by atoms with Gasteiger partial charge in [-0.3, -0.25) is 9.59 Å². The topological polar surface area (TPSA) is 80.4 Å². The highest BCUT2D eigenvalue weighted by atomic mass is 32.1. The van der Waals surface area contributed by atoms with Crippen molar-refractivity contribution in [1.82, 2.24) is 19.8 Å². The standard InChI is InChI=1S/C22H26N4O3S/c1-14-10-19(20-13-30-16(3)23-20)15(2)26(14)11-21(27)24-18-4-7-25(8-5-18)22(28)17-6-9-29-12-17/h6,9-10,12-13,18H,4-5,7-8,11H2,1-3H3,(H,24,27). The molecule has 30 heavy (non-hydrogen) atoms. The molecule has 4 rings (SSSR count). The molecular weight excluding hydrogens is 400 g/mol. The van der Waals surface area contributed by atoms with Crippen LogP contribution in [0.5, 0.6) is 0 Å². The van der Waals surface area contributed by atoms with Gasteiger partial charge in [0.05, 0.1) is 22.5 Å². The minimum absolute atomic E-state index is 0.00239. The molecular formula is C22H26N4O3S. The lowest BCUT2D eigenvalue weighted by Crippen LogP contribution is -2.47. The van der Waals surface area contributed by atoms with Gasteiger partial charge in [0.1, 0.15) is 12.8 Å². The van der Waals surface area contributed by atoms with Crippen molar-refractivity contribution < 1.29 is 14.0 Å². The van der Waals surface area contributed by atoms with Crippen LogP contribution in [0.15, 0.2) is 34.5 Å². The highest BCUT2D eigenvalue weighted by Crippen LogP contribution is 2.28.